The van der Waals surface area contributed by atoms with E-state index in [-0.39, 0.29) is 28.7 Å². The van der Waals surface area contributed by atoms with Crippen LogP contribution < -0.4 is 4.31 Å². The lowest BCUT2D eigenvalue weighted by Gasteiger charge is -2.41. The second-order valence-electron chi connectivity index (χ2n) is 8.57. The van der Waals surface area contributed by atoms with Gasteiger partial charge < -0.3 is 4.74 Å². The molecule has 5 atom stereocenters. The van der Waals surface area contributed by atoms with E-state index in [0.717, 1.165) is 16.0 Å². The van der Waals surface area contributed by atoms with Crippen molar-refractivity contribution < 1.29 is 22.7 Å². The maximum Gasteiger partial charge on any atom is 0.264 e. The van der Waals surface area contributed by atoms with Crippen molar-refractivity contribution in [2.75, 3.05) is 18.5 Å². The van der Waals surface area contributed by atoms with E-state index in [1.54, 1.807) is 43.5 Å². The van der Waals surface area contributed by atoms with E-state index in [9.17, 15) is 18.0 Å². The highest BCUT2D eigenvalue weighted by atomic mass is 32.2. The molecule has 2 aromatic rings. The third-order valence-electron chi connectivity index (χ3n) is 7.00. The average molecular weight is 441 g/mol. The van der Waals surface area contributed by atoms with Crippen LogP contribution in [0.2, 0.25) is 0 Å². The van der Waals surface area contributed by atoms with Gasteiger partial charge in [0.05, 0.1) is 34.6 Å². The van der Waals surface area contributed by atoms with E-state index in [1.165, 1.54) is 11.4 Å². The number of hydrogen-bond acceptors (Lipinski definition) is 5. The van der Waals surface area contributed by atoms with Gasteiger partial charge in [-0.05, 0) is 37.1 Å². The summed E-state index contributed by atoms with van der Waals surface area (Å²) in [7, 11) is -0.923. The van der Waals surface area contributed by atoms with E-state index in [4.69, 9.17) is 4.74 Å². The van der Waals surface area contributed by atoms with Gasteiger partial charge in [0.2, 0.25) is 11.8 Å². The molecule has 1 saturated heterocycles. The number of anilines is 1. The number of carbonyl (C=O) groups is 2. The Balaban J connectivity index is 1.73. The highest BCUT2D eigenvalue weighted by Crippen LogP contribution is 2.55. The number of imide groups is 1. The van der Waals surface area contributed by atoms with Crippen molar-refractivity contribution in [1.82, 2.24) is 4.90 Å². The van der Waals surface area contributed by atoms with Crippen LogP contribution in [0.5, 0.6) is 0 Å². The van der Waals surface area contributed by atoms with Crippen LogP contribution in [0.3, 0.4) is 0 Å². The van der Waals surface area contributed by atoms with Crippen molar-refractivity contribution in [3.63, 3.8) is 0 Å². The molecule has 0 N–H and O–H groups in total. The normalized spacial score (nSPS) is 29.7. The zero-order valence-electron chi connectivity index (χ0n) is 17.6. The van der Waals surface area contributed by atoms with Crippen molar-refractivity contribution in [3.05, 3.63) is 59.7 Å². The van der Waals surface area contributed by atoms with Gasteiger partial charge in [-0.1, -0.05) is 35.9 Å². The van der Waals surface area contributed by atoms with Gasteiger partial charge in [-0.3, -0.25) is 18.8 Å². The Hall–Kier alpha value is -2.71. The van der Waals surface area contributed by atoms with Crippen LogP contribution in [-0.2, 0) is 24.3 Å². The Morgan fingerprint density at radius 1 is 0.968 bits per heavy atom. The second-order valence-corrected chi connectivity index (χ2v) is 10.4. The van der Waals surface area contributed by atoms with E-state index in [0.29, 0.717) is 12.1 Å². The molecule has 0 bridgehead atoms. The summed E-state index contributed by atoms with van der Waals surface area (Å²) in [5, 5.41) is 0. The van der Waals surface area contributed by atoms with Crippen molar-refractivity contribution in [2.24, 2.45) is 11.8 Å². The number of sulfonamides is 1. The summed E-state index contributed by atoms with van der Waals surface area (Å²) >= 11 is 0. The molecule has 8 heteroatoms. The van der Waals surface area contributed by atoms with Crippen molar-refractivity contribution >= 4 is 27.5 Å². The summed E-state index contributed by atoms with van der Waals surface area (Å²) in [4.78, 5) is 27.3. The third-order valence-corrected chi connectivity index (χ3v) is 8.83. The molecule has 31 heavy (non-hydrogen) atoms. The Morgan fingerprint density at radius 3 is 2.32 bits per heavy atom. The largest absolute Gasteiger partial charge is 0.381 e. The number of fused-ring (bicyclic) bond motifs is 5. The number of nitrogens with zero attached hydrogens (tertiary/aromatic N) is 2. The van der Waals surface area contributed by atoms with Gasteiger partial charge in [0, 0.05) is 20.1 Å². The molecule has 3 aliphatic rings. The molecule has 2 aliphatic heterocycles. The zero-order valence-corrected chi connectivity index (χ0v) is 18.4. The monoisotopic (exact) mass is 440 g/mol. The molecule has 2 fully saturated rings. The maximum absolute atomic E-state index is 13.9. The third kappa shape index (κ3) is 2.71. The molecule has 5 unspecified atom stereocenters. The Kier molecular flexibility index (Phi) is 4.50. The number of methoxy groups -OCH3 is 1. The quantitative estimate of drug-likeness (QED) is 0.684. The fourth-order valence-corrected chi connectivity index (χ4v) is 7.26. The smallest absolute Gasteiger partial charge is 0.264 e. The summed E-state index contributed by atoms with van der Waals surface area (Å²) in [6.45, 7) is 1.89. The standard InChI is InChI=1S/C23H24N2O5S/c1-13-8-10-14(11-9-13)31(28,29)25-17-7-5-4-6-15(17)19-18(30-3)12-16-20(21(19)25)23(27)24(2)22(16)26/h4-11,16,18-21H,12H2,1-3H3. The average Bonchev–Trinajstić information content (AvgIpc) is 3.22. The SMILES string of the molecule is COC1CC2C(=O)N(C)C(=O)C2C2C1c1ccccc1N2S(=O)(=O)c1ccc(C)cc1. The zero-order chi connectivity index (χ0) is 22.1. The molecular formula is C23H24N2O5S. The first-order chi connectivity index (χ1) is 14.8. The number of ether oxygens (including phenoxy) is 1. The number of amides is 2. The Bertz CT molecular complexity index is 1180. The number of para-hydroxylation sites is 1. The van der Waals surface area contributed by atoms with Gasteiger partial charge in [-0.15, -0.1) is 0 Å². The molecule has 0 spiro atoms. The Labute approximate surface area is 181 Å². The van der Waals surface area contributed by atoms with E-state index in [1.807, 2.05) is 19.1 Å². The first-order valence-electron chi connectivity index (χ1n) is 10.3. The van der Waals surface area contributed by atoms with Crippen molar-refractivity contribution in [2.45, 2.75) is 36.3 Å². The topological polar surface area (TPSA) is 84.0 Å². The molecule has 0 radical (unpaired) electrons. The molecule has 2 heterocycles. The lowest BCUT2D eigenvalue weighted by Crippen LogP contribution is -2.54. The van der Waals surface area contributed by atoms with Crippen LogP contribution in [0.25, 0.3) is 0 Å². The van der Waals surface area contributed by atoms with Crippen LogP contribution in [0.1, 0.15) is 23.5 Å². The summed E-state index contributed by atoms with van der Waals surface area (Å²) < 4.78 is 34.9. The minimum absolute atomic E-state index is 0.162. The van der Waals surface area contributed by atoms with Crippen molar-refractivity contribution in [3.8, 4) is 0 Å². The first kappa shape index (κ1) is 20.2. The lowest BCUT2D eigenvalue weighted by atomic mass is 9.69. The van der Waals surface area contributed by atoms with E-state index < -0.39 is 27.9 Å². The van der Waals surface area contributed by atoms with Gasteiger partial charge >= 0.3 is 0 Å². The molecule has 2 aromatic carbocycles. The van der Waals surface area contributed by atoms with Gasteiger partial charge in [0.25, 0.3) is 10.0 Å². The number of hydrogen-bond donors (Lipinski definition) is 0. The number of rotatable bonds is 3. The molecular weight excluding hydrogens is 416 g/mol. The van der Waals surface area contributed by atoms with Crippen LogP contribution >= 0.6 is 0 Å². The number of carbonyl (C=O) groups excluding carboxylic acids is 2. The van der Waals surface area contributed by atoms with Crippen LogP contribution in [0.4, 0.5) is 5.69 Å². The summed E-state index contributed by atoms with van der Waals surface area (Å²) in [5.41, 5.74) is 2.34. The Morgan fingerprint density at radius 2 is 1.65 bits per heavy atom. The van der Waals surface area contributed by atoms with Crippen LogP contribution in [0, 0.1) is 18.8 Å². The van der Waals surface area contributed by atoms with E-state index >= 15 is 0 Å². The highest BCUT2D eigenvalue weighted by Gasteiger charge is 2.63. The fourth-order valence-electron chi connectivity index (χ4n) is 5.54. The molecule has 7 nitrogen and oxygen atoms in total. The maximum atomic E-state index is 13.9. The highest BCUT2D eigenvalue weighted by molar-refractivity contribution is 7.92. The summed E-state index contributed by atoms with van der Waals surface area (Å²) in [6, 6.07) is 13.3. The number of aryl methyl sites for hydroxylation is 1. The van der Waals surface area contributed by atoms with Gasteiger partial charge in [-0.25, -0.2) is 8.42 Å². The van der Waals surface area contributed by atoms with Crippen molar-refractivity contribution in [1.29, 1.82) is 0 Å². The minimum Gasteiger partial charge on any atom is -0.381 e. The molecule has 162 valence electrons. The molecule has 1 aliphatic carbocycles. The number of benzene rings is 2. The predicted molar refractivity (Wildman–Crippen MR) is 114 cm³/mol. The van der Waals surface area contributed by atoms with Gasteiger partial charge in [0.1, 0.15) is 0 Å². The molecule has 5 rings (SSSR count). The second kappa shape index (κ2) is 6.90. The lowest BCUT2D eigenvalue weighted by molar-refractivity contribution is -0.138. The number of likely N-dealkylation sites (tertiary alicyclic amines) is 1. The summed E-state index contributed by atoms with van der Waals surface area (Å²) in [6.07, 6.45) is 0.0261. The van der Waals surface area contributed by atoms with Crippen LogP contribution in [0.15, 0.2) is 53.4 Å². The van der Waals surface area contributed by atoms with Gasteiger partial charge in [0.15, 0.2) is 0 Å². The van der Waals surface area contributed by atoms with E-state index in [2.05, 4.69) is 0 Å². The molecule has 0 aromatic heterocycles. The van der Waals surface area contributed by atoms with Crippen LogP contribution in [-0.4, -0.2) is 51.4 Å². The molecule has 1 saturated carbocycles. The first-order valence-corrected chi connectivity index (χ1v) is 11.8. The summed E-state index contributed by atoms with van der Waals surface area (Å²) in [5.74, 6) is -2.24. The fraction of sp³-hybridized carbons (Fsp3) is 0.391. The minimum atomic E-state index is -3.97. The predicted octanol–water partition coefficient (Wildman–Crippen LogP) is 2.31. The van der Waals surface area contributed by atoms with Gasteiger partial charge in [-0.2, -0.15) is 0 Å². The molecule has 2 amide bonds.